The van der Waals surface area contributed by atoms with E-state index in [0.717, 1.165) is 38.7 Å². The Hall–Kier alpha value is -1.13. The minimum Gasteiger partial charge on any atom is -0.377 e. The van der Waals surface area contributed by atoms with Crippen LogP contribution in [-0.4, -0.2) is 36.8 Å². The molecule has 0 radical (unpaired) electrons. The standard InChI is InChI=1S/C15H23N3O/c1-12-11-18(7-2-8-19-12)15-10-16-6-5-13(15)9-17-14-3-4-14/h5-6,10,12,14,17H,2-4,7-9,11H2,1H3. The van der Waals surface area contributed by atoms with E-state index in [1.165, 1.54) is 24.1 Å². The van der Waals surface area contributed by atoms with Crippen LogP contribution in [-0.2, 0) is 11.3 Å². The molecule has 1 atom stereocenters. The first-order valence-corrected chi connectivity index (χ1v) is 7.36. The highest BCUT2D eigenvalue weighted by atomic mass is 16.5. The van der Waals surface area contributed by atoms with Crippen molar-refractivity contribution >= 4 is 5.69 Å². The molecule has 104 valence electrons. The second kappa shape index (κ2) is 5.88. The molecule has 0 bridgehead atoms. The Morgan fingerprint density at radius 2 is 2.37 bits per heavy atom. The van der Waals surface area contributed by atoms with Crippen LogP contribution < -0.4 is 10.2 Å². The first-order chi connectivity index (χ1) is 9.33. The molecular formula is C15H23N3O. The predicted molar refractivity (Wildman–Crippen MR) is 76.3 cm³/mol. The fraction of sp³-hybridized carbons (Fsp3) is 0.667. The highest BCUT2D eigenvalue weighted by Gasteiger charge is 2.22. The van der Waals surface area contributed by atoms with Gasteiger partial charge in [-0.15, -0.1) is 0 Å². The summed E-state index contributed by atoms with van der Waals surface area (Å²) in [6.45, 7) is 5.99. The number of nitrogens with zero attached hydrogens (tertiary/aromatic N) is 2. The van der Waals surface area contributed by atoms with Crippen LogP contribution >= 0.6 is 0 Å². The van der Waals surface area contributed by atoms with Crippen LogP contribution in [0.2, 0.25) is 0 Å². The Morgan fingerprint density at radius 3 is 3.21 bits per heavy atom. The highest BCUT2D eigenvalue weighted by Crippen LogP contribution is 2.24. The number of hydrogen-bond acceptors (Lipinski definition) is 4. The Kier molecular flexibility index (Phi) is 3.99. The smallest absolute Gasteiger partial charge is 0.0721 e. The molecule has 3 rings (SSSR count). The maximum atomic E-state index is 5.72. The van der Waals surface area contributed by atoms with Crippen molar-refractivity contribution in [1.82, 2.24) is 10.3 Å². The zero-order valence-electron chi connectivity index (χ0n) is 11.6. The van der Waals surface area contributed by atoms with Gasteiger partial charge in [-0.2, -0.15) is 0 Å². The molecule has 1 aromatic rings. The molecule has 1 N–H and O–H groups in total. The third kappa shape index (κ3) is 3.45. The summed E-state index contributed by atoms with van der Waals surface area (Å²) in [5.41, 5.74) is 2.63. The first kappa shape index (κ1) is 12.9. The lowest BCUT2D eigenvalue weighted by Gasteiger charge is -2.26. The molecule has 1 aliphatic heterocycles. The Bertz CT molecular complexity index is 420. The van der Waals surface area contributed by atoms with Crippen LogP contribution in [0.5, 0.6) is 0 Å². The SMILES string of the molecule is CC1CN(c2cnccc2CNC2CC2)CCCO1. The van der Waals surface area contributed by atoms with E-state index in [0.29, 0.717) is 6.10 Å². The summed E-state index contributed by atoms with van der Waals surface area (Å²) in [4.78, 5) is 6.73. The summed E-state index contributed by atoms with van der Waals surface area (Å²) in [6.07, 6.45) is 7.94. The highest BCUT2D eigenvalue weighted by molar-refractivity contribution is 5.52. The van der Waals surface area contributed by atoms with Gasteiger partial charge in [-0.3, -0.25) is 4.98 Å². The van der Waals surface area contributed by atoms with E-state index in [4.69, 9.17) is 4.74 Å². The fourth-order valence-electron chi connectivity index (χ4n) is 2.60. The Labute approximate surface area is 115 Å². The lowest BCUT2D eigenvalue weighted by Crippen LogP contribution is -2.31. The molecule has 4 nitrogen and oxygen atoms in total. The quantitative estimate of drug-likeness (QED) is 0.899. The van der Waals surface area contributed by atoms with Gasteiger partial charge in [0.05, 0.1) is 18.0 Å². The van der Waals surface area contributed by atoms with Crippen LogP contribution in [0.3, 0.4) is 0 Å². The second-order valence-corrected chi connectivity index (χ2v) is 5.64. The maximum Gasteiger partial charge on any atom is 0.0721 e. The van der Waals surface area contributed by atoms with Crippen molar-refractivity contribution in [2.24, 2.45) is 0 Å². The summed E-state index contributed by atoms with van der Waals surface area (Å²) < 4.78 is 5.72. The van der Waals surface area contributed by atoms with E-state index >= 15 is 0 Å². The fourth-order valence-corrected chi connectivity index (χ4v) is 2.60. The number of nitrogens with one attached hydrogen (secondary N) is 1. The van der Waals surface area contributed by atoms with E-state index in [9.17, 15) is 0 Å². The van der Waals surface area contributed by atoms with Crippen molar-refractivity contribution in [1.29, 1.82) is 0 Å². The Morgan fingerprint density at radius 1 is 1.47 bits per heavy atom. The predicted octanol–water partition coefficient (Wildman–Crippen LogP) is 1.95. The van der Waals surface area contributed by atoms with Crippen molar-refractivity contribution in [3.05, 3.63) is 24.0 Å². The number of ether oxygens (including phenoxy) is 1. The topological polar surface area (TPSA) is 37.4 Å². The van der Waals surface area contributed by atoms with E-state index in [1.54, 1.807) is 0 Å². The van der Waals surface area contributed by atoms with Crippen LogP contribution in [0.15, 0.2) is 18.5 Å². The van der Waals surface area contributed by atoms with Gasteiger partial charge in [-0.05, 0) is 37.8 Å². The average molecular weight is 261 g/mol. The van der Waals surface area contributed by atoms with E-state index in [-0.39, 0.29) is 0 Å². The third-order valence-electron chi connectivity index (χ3n) is 3.84. The van der Waals surface area contributed by atoms with Gasteiger partial charge >= 0.3 is 0 Å². The molecule has 1 unspecified atom stereocenters. The number of aromatic nitrogens is 1. The van der Waals surface area contributed by atoms with Crippen LogP contribution in [0, 0.1) is 0 Å². The van der Waals surface area contributed by atoms with Crippen molar-refractivity contribution in [3.8, 4) is 0 Å². The Balaban J connectivity index is 1.73. The average Bonchev–Trinajstić information content (AvgIpc) is 3.24. The molecule has 2 fully saturated rings. The molecule has 4 heteroatoms. The molecule has 2 aliphatic rings. The number of pyridine rings is 1. The molecule has 0 aromatic carbocycles. The molecule has 1 saturated carbocycles. The normalized spacial score (nSPS) is 24.3. The largest absolute Gasteiger partial charge is 0.377 e. The van der Waals surface area contributed by atoms with Crippen LogP contribution in [0.4, 0.5) is 5.69 Å². The van der Waals surface area contributed by atoms with Gasteiger partial charge in [0.25, 0.3) is 0 Å². The summed E-state index contributed by atoms with van der Waals surface area (Å²) in [7, 11) is 0. The molecule has 1 aromatic heterocycles. The van der Waals surface area contributed by atoms with Crippen LogP contribution in [0.1, 0.15) is 31.7 Å². The molecule has 1 saturated heterocycles. The minimum absolute atomic E-state index is 0.298. The summed E-state index contributed by atoms with van der Waals surface area (Å²) in [6, 6.07) is 2.88. The zero-order valence-corrected chi connectivity index (χ0v) is 11.6. The van der Waals surface area contributed by atoms with Crippen LogP contribution in [0.25, 0.3) is 0 Å². The maximum absolute atomic E-state index is 5.72. The zero-order chi connectivity index (χ0) is 13.1. The number of hydrogen-bond donors (Lipinski definition) is 1. The van der Waals surface area contributed by atoms with E-state index in [2.05, 4.69) is 28.2 Å². The lowest BCUT2D eigenvalue weighted by molar-refractivity contribution is 0.0821. The van der Waals surface area contributed by atoms with Gasteiger partial charge in [0, 0.05) is 38.5 Å². The monoisotopic (exact) mass is 261 g/mol. The summed E-state index contributed by atoms with van der Waals surface area (Å²) in [5.74, 6) is 0. The van der Waals surface area contributed by atoms with Gasteiger partial charge in [-0.1, -0.05) is 0 Å². The molecule has 1 aliphatic carbocycles. The molecule has 19 heavy (non-hydrogen) atoms. The third-order valence-corrected chi connectivity index (χ3v) is 3.84. The van der Waals surface area contributed by atoms with Gasteiger partial charge in [0.15, 0.2) is 0 Å². The van der Waals surface area contributed by atoms with Gasteiger partial charge in [-0.25, -0.2) is 0 Å². The minimum atomic E-state index is 0.298. The second-order valence-electron chi connectivity index (χ2n) is 5.64. The van der Waals surface area contributed by atoms with Crippen molar-refractivity contribution < 1.29 is 4.74 Å². The summed E-state index contributed by atoms with van der Waals surface area (Å²) >= 11 is 0. The summed E-state index contributed by atoms with van der Waals surface area (Å²) in [5, 5.41) is 3.59. The van der Waals surface area contributed by atoms with Crippen molar-refractivity contribution in [2.45, 2.75) is 44.9 Å². The molecule has 0 amide bonds. The van der Waals surface area contributed by atoms with E-state index in [1.807, 2.05) is 12.4 Å². The lowest BCUT2D eigenvalue weighted by atomic mass is 10.2. The van der Waals surface area contributed by atoms with Gasteiger partial charge in [0.1, 0.15) is 0 Å². The molecule has 0 spiro atoms. The molecule has 2 heterocycles. The van der Waals surface area contributed by atoms with Gasteiger partial charge < -0.3 is 15.0 Å². The first-order valence-electron chi connectivity index (χ1n) is 7.36. The number of rotatable bonds is 4. The number of anilines is 1. The van der Waals surface area contributed by atoms with E-state index < -0.39 is 0 Å². The van der Waals surface area contributed by atoms with Gasteiger partial charge in [0.2, 0.25) is 0 Å². The van der Waals surface area contributed by atoms with Crippen molar-refractivity contribution in [2.75, 3.05) is 24.6 Å². The van der Waals surface area contributed by atoms with Crippen molar-refractivity contribution in [3.63, 3.8) is 0 Å². The molecular weight excluding hydrogens is 238 g/mol.